The van der Waals surface area contributed by atoms with Crippen molar-refractivity contribution in [1.82, 2.24) is 10.2 Å². The van der Waals surface area contributed by atoms with Gasteiger partial charge in [-0.3, -0.25) is 13.9 Å². The molecule has 0 bridgehead atoms. The summed E-state index contributed by atoms with van der Waals surface area (Å²) in [6.07, 6.45) is 1.34. The van der Waals surface area contributed by atoms with Crippen LogP contribution >= 0.6 is 23.2 Å². The summed E-state index contributed by atoms with van der Waals surface area (Å²) in [6, 6.07) is 10.4. The first-order valence-electron chi connectivity index (χ1n) is 11.0. The smallest absolute Gasteiger partial charge is 0.244 e. The van der Waals surface area contributed by atoms with E-state index in [2.05, 4.69) is 5.32 Å². The molecule has 2 amide bonds. The van der Waals surface area contributed by atoms with E-state index in [0.29, 0.717) is 27.8 Å². The molecule has 2 rings (SSSR count). The van der Waals surface area contributed by atoms with Crippen LogP contribution in [0.15, 0.2) is 42.5 Å². The quantitative estimate of drug-likeness (QED) is 0.460. The zero-order chi connectivity index (χ0) is 26.3. The van der Waals surface area contributed by atoms with Crippen molar-refractivity contribution in [2.24, 2.45) is 0 Å². The number of hydrogen-bond acceptors (Lipinski definition) is 5. The third-order valence-electron chi connectivity index (χ3n) is 5.17. The number of methoxy groups -OCH3 is 1. The summed E-state index contributed by atoms with van der Waals surface area (Å²) in [6.45, 7) is 4.97. The summed E-state index contributed by atoms with van der Waals surface area (Å²) >= 11 is 12.2. The van der Waals surface area contributed by atoms with Crippen molar-refractivity contribution in [3.05, 3.63) is 58.1 Å². The number of anilines is 1. The first-order chi connectivity index (χ1) is 16.4. The number of hydrogen-bond donors (Lipinski definition) is 1. The van der Waals surface area contributed by atoms with Crippen molar-refractivity contribution in [3.63, 3.8) is 0 Å². The second-order valence-corrected chi connectivity index (χ2v) is 11.0. The zero-order valence-electron chi connectivity index (χ0n) is 20.4. The second-order valence-electron chi connectivity index (χ2n) is 8.33. The Hall–Kier alpha value is -2.49. The van der Waals surface area contributed by atoms with Crippen molar-refractivity contribution < 1.29 is 22.7 Å². The zero-order valence-corrected chi connectivity index (χ0v) is 22.7. The predicted octanol–water partition coefficient (Wildman–Crippen LogP) is 4.10. The molecule has 35 heavy (non-hydrogen) atoms. The highest BCUT2D eigenvalue weighted by molar-refractivity contribution is 7.92. The number of carbonyl (C=O) groups is 2. The molecule has 0 saturated carbocycles. The molecule has 0 aliphatic heterocycles. The molecule has 0 fully saturated rings. The molecule has 1 N–H and O–H groups in total. The van der Waals surface area contributed by atoms with E-state index < -0.39 is 28.5 Å². The lowest BCUT2D eigenvalue weighted by molar-refractivity contribution is -0.140. The average Bonchev–Trinajstić information content (AvgIpc) is 2.78. The van der Waals surface area contributed by atoms with Crippen LogP contribution in [0, 0.1) is 0 Å². The van der Waals surface area contributed by atoms with Crippen LogP contribution in [0.3, 0.4) is 0 Å². The number of sulfonamides is 1. The van der Waals surface area contributed by atoms with Gasteiger partial charge in [0.25, 0.3) is 0 Å². The lowest BCUT2D eigenvalue weighted by Crippen LogP contribution is -2.53. The Morgan fingerprint density at radius 2 is 1.77 bits per heavy atom. The molecule has 192 valence electrons. The van der Waals surface area contributed by atoms with Crippen molar-refractivity contribution in [3.8, 4) is 5.75 Å². The van der Waals surface area contributed by atoms with E-state index in [-0.39, 0.29) is 24.2 Å². The summed E-state index contributed by atoms with van der Waals surface area (Å²) in [5.41, 5.74) is 0.921. The number of nitrogens with zero attached hydrogens (tertiary/aromatic N) is 2. The standard InChI is InChI=1S/C24H31Cl2N3O5S/c1-6-22(24(31)27-16(2)3)28(14-17-10-11-20(25)21(26)12-17)23(30)15-29(35(5,32)33)18-8-7-9-19(13-18)34-4/h7-13,16,22H,6,14-15H2,1-5H3,(H,27,31). The highest BCUT2D eigenvalue weighted by Crippen LogP contribution is 2.26. The summed E-state index contributed by atoms with van der Waals surface area (Å²) in [5.74, 6) is -0.433. The molecule has 8 nitrogen and oxygen atoms in total. The number of halogens is 2. The van der Waals surface area contributed by atoms with Gasteiger partial charge in [0.1, 0.15) is 18.3 Å². The van der Waals surface area contributed by atoms with Gasteiger partial charge in [-0.15, -0.1) is 0 Å². The van der Waals surface area contributed by atoms with Crippen LogP contribution in [0.4, 0.5) is 5.69 Å². The molecule has 0 radical (unpaired) electrons. The number of ether oxygens (including phenoxy) is 1. The number of benzene rings is 2. The maximum atomic E-state index is 13.6. The van der Waals surface area contributed by atoms with Gasteiger partial charge in [0.2, 0.25) is 21.8 Å². The Balaban J connectivity index is 2.47. The molecule has 0 aliphatic carbocycles. The fourth-order valence-corrected chi connectivity index (χ4v) is 4.68. The van der Waals surface area contributed by atoms with E-state index in [1.807, 2.05) is 13.8 Å². The van der Waals surface area contributed by atoms with Gasteiger partial charge in [-0.1, -0.05) is 42.3 Å². The number of rotatable bonds is 11. The van der Waals surface area contributed by atoms with Crippen LogP contribution < -0.4 is 14.4 Å². The van der Waals surface area contributed by atoms with Crippen LogP contribution in [0.2, 0.25) is 10.0 Å². The van der Waals surface area contributed by atoms with Gasteiger partial charge in [-0.25, -0.2) is 8.42 Å². The van der Waals surface area contributed by atoms with Crippen LogP contribution in [0.25, 0.3) is 0 Å². The third kappa shape index (κ3) is 8.02. The molecular formula is C24H31Cl2N3O5S. The van der Waals surface area contributed by atoms with Crippen LogP contribution in [-0.4, -0.2) is 57.1 Å². The van der Waals surface area contributed by atoms with Crippen molar-refractivity contribution in [2.75, 3.05) is 24.2 Å². The van der Waals surface area contributed by atoms with Gasteiger partial charge in [-0.2, -0.15) is 0 Å². The first kappa shape index (κ1) is 28.7. The Morgan fingerprint density at radius 3 is 2.31 bits per heavy atom. The molecule has 2 aromatic rings. The highest BCUT2D eigenvalue weighted by Gasteiger charge is 2.32. The fraction of sp³-hybridized carbons (Fsp3) is 0.417. The number of amides is 2. The molecule has 2 aromatic carbocycles. The lowest BCUT2D eigenvalue weighted by atomic mass is 10.1. The minimum atomic E-state index is -3.84. The highest BCUT2D eigenvalue weighted by atomic mass is 35.5. The van der Waals surface area contributed by atoms with Crippen LogP contribution in [0.1, 0.15) is 32.8 Å². The number of nitrogens with one attached hydrogen (secondary N) is 1. The lowest BCUT2D eigenvalue weighted by Gasteiger charge is -2.33. The molecule has 1 unspecified atom stereocenters. The Labute approximate surface area is 217 Å². The van der Waals surface area contributed by atoms with Gasteiger partial charge in [0.05, 0.1) is 29.1 Å². The van der Waals surface area contributed by atoms with Crippen LogP contribution in [-0.2, 0) is 26.2 Å². The molecule has 0 heterocycles. The maximum absolute atomic E-state index is 13.6. The van der Waals surface area contributed by atoms with Gasteiger partial charge >= 0.3 is 0 Å². The second kappa shape index (κ2) is 12.5. The van der Waals surface area contributed by atoms with Crippen molar-refractivity contribution in [2.45, 2.75) is 45.8 Å². The fourth-order valence-electron chi connectivity index (χ4n) is 3.51. The van der Waals surface area contributed by atoms with E-state index >= 15 is 0 Å². The minimum absolute atomic E-state index is 0.0372. The summed E-state index contributed by atoms with van der Waals surface area (Å²) in [7, 11) is -2.37. The first-order valence-corrected chi connectivity index (χ1v) is 13.6. The Morgan fingerprint density at radius 1 is 1.09 bits per heavy atom. The van der Waals surface area contributed by atoms with Gasteiger partial charge in [0, 0.05) is 18.7 Å². The maximum Gasteiger partial charge on any atom is 0.244 e. The SMILES string of the molecule is CCC(C(=O)NC(C)C)N(Cc1ccc(Cl)c(Cl)c1)C(=O)CN(c1cccc(OC)c1)S(C)(=O)=O. The monoisotopic (exact) mass is 543 g/mol. The average molecular weight is 545 g/mol. The Bertz CT molecular complexity index is 1160. The van der Waals surface area contributed by atoms with Gasteiger partial charge in [0.15, 0.2) is 0 Å². The van der Waals surface area contributed by atoms with E-state index in [4.69, 9.17) is 27.9 Å². The predicted molar refractivity (Wildman–Crippen MR) is 140 cm³/mol. The molecular weight excluding hydrogens is 513 g/mol. The number of carbonyl (C=O) groups excluding carboxylic acids is 2. The molecule has 0 aliphatic rings. The summed E-state index contributed by atoms with van der Waals surface area (Å²) in [5, 5.41) is 3.51. The Kier molecular flexibility index (Phi) is 10.2. The minimum Gasteiger partial charge on any atom is -0.497 e. The molecule has 1 atom stereocenters. The third-order valence-corrected chi connectivity index (χ3v) is 7.05. The van der Waals surface area contributed by atoms with E-state index in [9.17, 15) is 18.0 Å². The van der Waals surface area contributed by atoms with Gasteiger partial charge in [-0.05, 0) is 50.1 Å². The van der Waals surface area contributed by atoms with Crippen molar-refractivity contribution >= 4 is 50.7 Å². The van der Waals surface area contributed by atoms with E-state index in [0.717, 1.165) is 10.6 Å². The van der Waals surface area contributed by atoms with Crippen LogP contribution in [0.5, 0.6) is 5.75 Å². The van der Waals surface area contributed by atoms with Crippen molar-refractivity contribution in [1.29, 1.82) is 0 Å². The molecule has 11 heteroatoms. The topological polar surface area (TPSA) is 96.0 Å². The summed E-state index contributed by atoms with van der Waals surface area (Å²) in [4.78, 5) is 28.0. The largest absolute Gasteiger partial charge is 0.497 e. The van der Waals surface area contributed by atoms with E-state index in [1.165, 1.54) is 18.1 Å². The molecule has 0 saturated heterocycles. The summed E-state index contributed by atoms with van der Waals surface area (Å²) < 4.78 is 31.5. The molecule has 0 spiro atoms. The normalized spacial score (nSPS) is 12.2. The van der Waals surface area contributed by atoms with E-state index in [1.54, 1.807) is 43.3 Å². The molecule has 0 aromatic heterocycles. The van der Waals surface area contributed by atoms with Gasteiger partial charge < -0.3 is 15.0 Å².